The van der Waals surface area contributed by atoms with Crippen LogP contribution in [0.5, 0.6) is 0 Å². The van der Waals surface area contributed by atoms with Gasteiger partial charge in [-0.05, 0) is 12.8 Å². The molecule has 0 saturated heterocycles. The van der Waals surface area contributed by atoms with E-state index in [1.807, 2.05) is 0 Å². The van der Waals surface area contributed by atoms with Crippen molar-refractivity contribution in [3.63, 3.8) is 0 Å². The van der Waals surface area contributed by atoms with Crippen LogP contribution in [0.2, 0.25) is 0 Å². The fourth-order valence-electron chi connectivity index (χ4n) is 6.52. The van der Waals surface area contributed by atoms with Crippen molar-refractivity contribution in [1.29, 1.82) is 0 Å². The summed E-state index contributed by atoms with van der Waals surface area (Å²) in [5.74, 6) is -1.10. The van der Waals surface area contributed by atoms with E-state index in [9.17, 15) is 44.6 Å². The summed E-state index contributed by atoms with van der Waals surface area (Å²) < 4.78 is 33.3. The molecule has 0 aromatic rings. The summed E-state index contributed by atoms with van der Waals surface area (Å²) >= 11 is 0. The molecular weight excluding hydrogens is 707 g/mol. The van der Waals surface area contributed by atoms with Crippen LogP contribution < -0.4 is 0 Å². The van der Waals surface area contributed by atoms with Crippen molar-refractivity contribution in [1.82, 2.24) is 0 Å². The zero-order valence-electron chi connectivity index (χ0n) is 32.8. The highest BCUT2D eigenvalue weighted by Crippen LogP contribution is 2.47. The summed E-state index contributed by atoms with van der Waals surface area (Å²) in [7, 11) is -5.10. The van der Waals surface area contributed by atoms with Crippen LogP contribution in [0.3, 0.4) is 0 Å². The lowest BCUT2D eigenvalue weighted by Gasteiger charge is -2.41. The number of esters is 2. The fraction of sp³-hybridized carbons (Fsp3) is 0.949. The highest BCUT2D eigenvalue weighted by molar-refractivity contribution is 7.47. The SMILES string of the molecule is CCCCCCCCCCCCCCCCCCCCC(=O)OC(COC(=O)CCCCCCCC)COP(=O)(O)OC1C(O)C(O)C(O)C(O)C1O. The lowest BCUT2D eigenvalue weighted by Crippen LogP contribution is -2.64. The Bertz CT molecular complexity index is 954. The molecular formula is C39H75O13P. The third-order valence-electron chi connectivity index (χ3n) is 9.95. The van der Waals surface area contributed by atoms with Gasteiger partial charge < -0.3 is 39.9 Å². The van der Waals surface area contributed by atoms with E-state index in [1.54, 1.807) is 0 Å². The van der Waals surface area contributed by atoms with Gasteiger partial charge >= 0.3 is 19.8 Å². The van der Waals surface area contributed by atoms with Crippen molar-refractivity contribution in [3.05, 3.63) is 0 Å². The van der Waals surface area contributed by atoms with E-state index < -0.39 is 75.7 Å². The van der Waals surface area contributed by atoms with Crippen molar-refractivity contribution in [3.8, 4) is 0 Å². The smallest absolute Gasteiger partial charge is 0.462 e. The standard InChI is InChI=1S/C39H75O13P/c1-3-5-7-9-11-12-13-14-15-16-17-18-19-20-21-22-24-26-28-33(41)51-31(29-49-32(40)27-25-23-10-8-6-4-2)30-50-53(47,48)52-39-37(45)35(43)34(42)36(44)38(39)46/h31,34-39,42-46H,3-30H2,1-2H3,(H,47,48). The molecule has 1 aliphatic rings. The number of aliphatic hydroxyl groups is 5. The Labute approximate surface area is 319 Å². The fourth-order valence-corrected chi connectivity index (χ4v) is 7.50. The van der Waals surface area contributed by atoms with Gasteiger partial charge in [0, 0.05) is 12.8 Å². The van der Waals surface area contributed by atoms with Crippen LogP contribution in [-0.2, 0) is 32.7 Å². The monoisotopic (exact) mass is 782 g/mol. The van der Waals surface area contributed by atoms with Crippen LogP contribution in [0.25, 0.3) is 0 Å². The molecule has 314 valence electrons. The molecule has 0 bridgehead atoms. The van der Waals surface area contributed by atoms with Crippen LogP contribution in [0.1, 0.15) is 181 Å². The van der Waals surface area contributed by atoms with Gasteiger partial charge in [-0.25, -0.2) is 4.57 Å². The van der Waals surface area contributed by atoms with Crippen LogP contribution in [0.15, 0.2) is 0 Å². The van der Waals surface area contributed by atoms with E-state index >= 15 is 0 Å². The second kappa shape index (κ2) is 31.0. The molecule has 1 aliphatic carbocycles. The van der Waals surface area contributed by atoms with Gasteiger partial charge in [-0.2, -0.15) is 0 Å². The van der Waals surface area contributed by atoms with Gasteiger partial charge in [0.25, 0.3) is 0 Å². The van der Waals surface area contributed by atoms with E-state index in [1.165, 1.54) is 89.9 Å². The Morgan fingerprint density at radius 2 is 0.849 bits per heavy atom. The quantitative estimate of drug-likeness (QED) is 0.0222. The van der Waals surface area contributed by atoms with E-state index in [-0.39, 0.29) is 12.8 Å². The maximum atomic E-state index is 12.7. The third-order valence-corrected chi connectivity index (χ3v) is 10.9. The van der Waals surface area contributed by atoms with E-state index in [2.05, 4.69) is 13.8 Å². The van der Waals surface area contributed by atoms with Gasteiger partial charge in [-0.15, -0.1) is 0 Å². The number of carbonyl (C=O) groups excluding carboxylic acids is 2. The van der Waals surface area contributed by atoms with Crippen molar-refractivity contribution in [2.45, 2.75) is 224 Å². The summed E-state index contributed by atoms with van der Waals surface area (Å²) in [6.07, 6.45) is 15.0. The average molecular weight is 783 g/mol. The van der Waals surface area contributed by atoms with Crippen LogP contribution in [-0.4, -0.2) is 98.3 Å². The first-order valence-electron chi connectivity index (χ1n) is 20.8. The number of ether oxygens (including phenoxy) is 2. The Morgan fingerprint density at radius 3 is 1.25 bits per heavy atom. The maximum Gasteiger partial charge on any atom is 0.472 e. The van der Waals surface area contributed by atoms with Gasteiger partial charge in [-0.1, -0.05) is 155 Å². The number of hydrogen-bond donors (Lipinski definition) is 6. The van der Waals surface area contributed by atoms with E-state index in [4.69, 9.17) is 18.5 Å². The van der Waals surface area contributed by atoms with Gasteiger partial charge in [-0.3, -0.25) is 18.6 Å². The number of unbranched alkanes of at least 4 members (excludes halogenated alkanes) is 22. The minimum atomic E-state index is -5.10. The molecule has 0 spiro atoms. The topological polar surface area (TPSA) is 210 Å². The van der Waals surface area contributed by atoms with Crippen molar-refractivity contribution < 1.29 is 63.1 Å². The highest BCUT2D eigenvalue weighted by Gasteiger charge is 2.51. The van der Waals surface area contributed by atoms with E-state index in [0.29, 0.717) is 12.8 Å². The molecule has 0 heterocycles. The summed E-state index contributed by atoms with van der Waals surface area (Å²) in [5, 5.41) is 49.9. The lowest BCUT2D eigenvalue weighted by atomic mass is 9.85. The summed E-state index contributed by atoms with van der Waals surface area (Å²) in [6.45, 7) is 3.21. The van der Waals surface area contributed by atoms with Gasteiger partial charge in [0.2, 0.25) is 0 Å². The maximum absolute atomic E-state index is 12.7. The molecule has 13 nitrogen and oxygen atoms in total. The zero-order chi connectivity index (χ0) is 39.3. The molecule has 1 fully saturated rings. The second-order valence-corrected chi connectivity index (χ2v) is 16.3. The predicted octanol–water partition coefficient (Wildman–Crippen LogP) is 6.94. The highest BCUT2D eigenvalue weighted by atomic mass is 31.2. The molecule has 1 saturated carbocycles. The lowest BCUT2D eigenvalue weighted by molar-refractivity contribution is -0.220. The van der Waals surface area contributed by atoms with Crippen molar-refractivity contribution >= 4 is 19.8 Å². The summed E-state index contributed by atoms with van der Waals surface area (Å²) in [6, 6.07) is 0. The van der Waals surface area contributed by atoms with E-state index in [0.717, 1.165) is 51.4 Å². The molecule has 14 heteroatoms. The molecule has 0 radical (unpaired) electrons. The number of phosphoric acid groups is 1. The molecule has 53 heavy (non-hydrogen) atoms. The first-order valence-corrected chi connectivity index (χ1v) is 22.3. The number of hydrogen-bond acceptors (Lipinski definition) is 12. The number of aliphatic hydroxyl groups excluding tert-OH is 5. The Hall–Kier alpha value is -1.15. The Balaban J connectivity index is 2.41. The average Bonchev–Trinajstić information content (AvgIpc) is 3.13. The first-order chi connectivity index (χ1) is 25.4. The molecule has 6 atom stereocenters. The molecule has 0 aliphatic heterocycles. The molecule has 0 amide bonds. The van der Waals surface area contributed by atoms with Gasteiger partial charge in [0.05, 0.1) is 6.61 Å². The Kier molecular flexibility index (Phi) is 29.2. The third kappa shape index (κ3) is 24.2. The number of phosphoric ester groups is 1. The first kappa shape index (κ1) is 49.9. The molecule has 6 unspecified atom stereocenters. The van der Waals surface area contributed by atoms with Gasteiger partial charge in [0.1, 0.15) is 43.2 Å². The summed E-state index contributed by atoms with van der Waals surface area (Å²) in [4.78, 5) is 35.3. The number of rotatable bonds is 34. The predicted molar refractivity (Wildman–Crippen MR) is 203 cm³/mol. The largest absolute Gasteiger partial charge is 0.472 e. The van der Waals surface area contributed by atoms with Crippen molar-refractivity contribution in [2.75, 3.05) is 13.2 Å². The minimum Gasteiger partial charge on any atom is -0.462 e. The minimum absolute atomic E-state index is 0.104. The molecule has 0 aromatic carbocycles. The van der Waals surface area contributed by atoms with Crippen molar-refractivity contribution in [2.24, 2.45) is 0 Å². The van der Waals surface area contributed by atoms with Crippen LogP contribution in [0, 0.1) is 0 Å². The molecule has 0 aromatic heterocycles. The van der Waals surface area contributed by atoms with Crippen LogP contribution in [0.4, 0.5) is 0 Å². The molecule has 6 N–H and O–H groups in total. The number of carbonyl (C=O) groups is 2. The van der Waals surface area contributed by atoms with Gasteiger partial charge in [0.15, 0.2) is 6.10 Å². The summed E-state index contributed by atoms with van der Waals surface area (Å²) in [5.41, 5.74) is 0. The zero-order valence-corrected chi connectivity index (χ0v) is 33.7. The second-order valence-electron chi connectivity index (χ2n) is 14.9. The Morgan fingerprint density at radius 1 is 0.509 bits per heavy atom. The van der Waals surface area contributed by atoms with Crippen LogP contribution >= 0.6 is 7.82 Å². The normalized spacial score (nSPS) is 23.4. The molecule has 1 rings (SSSR count).